The van der Waals surface area contributed by atoms with Crippen molar-refractivity contribution in [3.8, 4) is 0 Å². The van der Waals surface area contributed by atoms with Gasteiger partial charge < -0.3 is 5.32 Å². The fourth-order valence-corrected chi connectivity index (χ4v) is 3.07. The fourth-order valence-electron chi connectivity index (χ4n) is 2.72. The molecule has 100 valence electrons. The van der Waals surface area contributed by atoms with E-state index in [4.69, 9.17) is 11.6 Å². The van der Waals surface area contributed by atoms with Crippen molar-refractivity contribution in [2.24, 2.45) is 5.92 Å². The molecule has 1 heterocycles. The molecular formula is C14H22ClN3. The second kappa shape index (κ2) is 6.37. The molecule has 1 aromatic rings. The lowest BCUT2D eigenvalue weighted by Crippen LogP contribution is -2.11. The van der Waals surface area contributed by atoms with E-state index in [0.29, 0.717) is 11.1 Å². The van der Waals surface area contributed by atoms with Crippen molar-refractivity contribution in [2.75, 3.05) is 11.9 Å². The lowest BCUT2D eigenvalue weighted by atomic mass is 10.0. The first kappa shape index (κ1) is 13.6. The number of hydrogen-bond donors (Lipinski definition) is 1. The molecule has 0 aromatic carbocycles. The van der Waals surface area contributed by atoms with Crippen molar-refractivity contribution in [2.45, 2.75) is 51.9 Å². The third-order valence-electron chi connectivity index (χ3n) is 3.73. The molecule has 0 spiro atoms. The second-order valence-corrected chi connectivity index (χ2v) is 5.81. The van der Waals surface area contributed by atoms with Crippen LogP contribution in [0.1, 0.15) is 57.4 Å². The summed E-state index contributed by atoms with van der Waals surface area (Å²) in [6, 6.07) is 0. The summed E-state index contributed by atoms with van der Waals surface area (Å²) < 4.78 is 0. The van der Waals surface area contributed by atoms with E-state index in [1.807, 2.05) is 0 Å². The van der Waals surface area contributed by atoms with Crippen LogP contribution in [-0.2, 0) is 0 Å². The molecular weight excluding hydrogens is 246 g/mol. The van der Waals surface area contributed by atoms with Crippen molar-refractivity contribution < 1.29 is 0 Å². The third kappa shape index (κ3) is 3.35. The Labute approximate surface area is 114 Å². The minimum absolute atomic E-state index is 0.340. The normalized spacial score (nSPS) is 16.4. The summed E-state index contributed by atoms with van der Waals surface area (Å²) in [5.74, 6) is 2.15. The molecule has 0 aliphatic heterocycles. The van der Waals surface area contributed by atoms with Crippen LogP contribution in [0, 0.1) is 5.92 Å². The molecule has 4 heteroatoms. The van der Waals surface area contributed by atoms with Crippen molar-refractivity contribution in [3.05, 3.63) is 17.0 Å². The van der Waals surface area contributed by atoms with E-state index in [1.165, 1.54) is 38.4 Å². The van der Waals surface area contributed by atoms with Crippen LogP contribution in [0.2, 0.25) is 5.15 Å². The Morgan fingerprint density at radius 3 is 2.72 bits per heavy atom. The Morgan fingerprint density at radius 1 is 1.33 bits per heavy atom. The molecule has 0 atom stereocenters. The van der Waals surface area contributed by atoms with Gasteiger partial charge in [-0.05, 0) is 18.3 Å². The van der Waals surface area contributed by atoms with Gasteiger partial charge in [0.1, 0.15) is 17.3 Å². The Morgan fingerprint density at radius 2 is 2.06 bits per heavy atom. The largest absolute Gasteiger partial charge is 0.370 e. The van der Waals surface area contributed by atoms with Gasteiger partial charge in [0.05, 0.1) is 0 Å². The zero-order chi connectivity index (χ0) is 13.0. The van der Waals surface area contributed by atoms with Crippen molar-refractivity contribution in [3.63, 3.8) is 0 Å². The van der Waals surface area contributed by atoms with E-state index < -0.39 is 0 Å². The van der Waals surface area contributed by atoms with E-state index in [2.05, 4.69) is 29.1 Å². The monoisotopic (exact) mass is 267 g/mol. The van der Waals surface area contributed by atoms with Crippen LogP contribution < -0.4 is 5.32 Å². The Balaban J connectivity index is 1.93. The molecule has 0 amide bonds. The highest BCUT2D eigenvalue weighted by Gasteiger charge is 2.16. The summed E-state index contributed by atoms with van der Waals surface area (Å²) in [5, 5.41) is 4.00. The zero-order valence-corrected chi connectivity index (χ0v) is 12.0. The number of rotatable bonds is 5. The van der Waals surface area contributed by atoms with Crippen molar-refractivity contribution in [1.82, 2.24) is 9.97 Å². The van der Waals surface area contributed by atoms with Gasteiger partial charge >= 0.3 is 0 Å². The number of anilines is 1. The molecule has 1 N–H and O–H groups in total. The Bertz CT molecular complexity index is 387. The quantitative estimate of drug-likeness (QED) is 0.811. The second-order valence-electron chi connectivity index (χ2n) is 5.45. The van der Waals surface area contributed by atoms with Gasteiger partial charge in [0.2, 0.25) is 0 Å². The Kier molecular flexibility index (Phi) is 4.81. The molecule has 1 fully saturated rings. The van der Waals surface area contributed by atoms with Crippen molar-refractivity contribution >= 4 is 17.4 Å². The highest BCUT2D eigenvalue weighted by molar-refractivity contribution is 6.30. The molecule has 18 heavy (non-hydrogen) atoms. The van der Waals surface area contributed by atoms with Gasteiger partial charge in [-0.25, -0.2) is 9.97 Å². The average molecular weight is 268 g/mol. The molecule has 3 nitrogen and oxygen atoms in total. The van der Waals surface area contributed by atoms with Gasteiger partial charge in [0.15, 0.2) is 0 Å². The summed E-state index contributed by atoms with van der Waals surface area (Å²) in [5.41, 5.74) is 1.03. The maximum atomic E-state index is 6.14. The molecule has 0 bridgehead atoms. The Hall–Kier alpha value is -0.830. The predicted octanol–water partition coefficient (Wildman–Crippen LogP) is 4.25. The number of nitrogens with zero attached hydrogens (tertiary/aromatic N) is 2. The van der Waals surface area contributed by atoms with E-state index in [0.717, 1.165) is 23.8 Å². The number of aromatic nitrogens is 2. The van der Waals surface area contributed by atoms with Gasteiger partial charge in [-0.15, -0.1) is 0 Å². The maximum Gasteiger partial charge on any atom is 0.138 e. The van der Waals surface area contributed by atoms with Crippen LogP contribution >= 0.6 is 11.6 Å². The number of hydrogen-bond acceptors (Lipinski definition) is 3. The lowest BCUT2D eigenvalue weighted by Gasteiger charge is -2.15. The summed E-state index contributed by atoms with van der Waals surface area (Å²) in [4.78, 5) is 8.38. The molecule has 1 aromatic heterocycles. The third-order valence-corrected chi connectivity index (χ3v) is 4.03. The first-order valence-electron chi connectivity index (χ1n) is 6.92. The summed E-state index contributed by atoms with van der Waals surface area (Å²) in [6.07, 6.45) is 8.36. The van der Waals surface area contributed by atoms with Crippen LogP contribution in [-0.4, -0.2) is 16.5 Å². The predicted molar refractivity (Wildman–Crippen MR) is 76.2 cm³/mol. The van der Waals surface area contributed by atoms with E-state index in [-0.39, 0.29) is 0 Å². The van der Waals surface area contributed by atoms with Crippen LogP contribution in [0.15, 0.2) is 6.33 Å². The molecule has 1 saturated carbocycles. The summed E-state index contributed by atoms with van der Waals surface area (Å²) in [7, 11) is 0. The highest BCUT2D eigenvalue weighted by Crippen LogP contribution is 2.29. The molecule has 1 aliphatic carbocycles. The van der Waals surface area contributed by atoms with Gasteiger partial charge in [0, 0.05) is 12.1 Å². The van der Waals surface area contributed by atoms with Gasteiger partial charge in [-0.1, -0.05) is 51.1 Å². The first-order valence-corrected chi connectivity index (χ1v) is 7.30. The molecule has 2 rings (SSSR count). The number of nitrogens with one attached hydrogen (secondary N) is 1. The van der Waals surface area contributed by atoms with E-state index in [9.17, 15) is 0 Å². The van der Waals surface area contributed by atoms with Crippen molar-refractivity contribution in [1.29, 1.82) is 0 Å². The SMILES string of the molecule is CC(C)c1c(Cl)ncnc1NCCC1CCCC1. The van der Waals surface area contributed by atoms with Gasteiger partial charge in [0.25, 0.3) is 0 Å². The first-order chi connectivity index (χ1) is 8.68. The highest BCUT2D eigenvalue weighted by atomic mass is 35.5. The summed E-state index contributed by atoms with van der Waals surface area (Å²) >= 11 is 6.14. The minimum atomic E-state index is 0.340. The number of halogens is 1. The van der Waals surface area contributed by atoms with Gasteiger partial charge in [-0.3, -0.25) is 0 Å². The van der Waals surface area contributed by atoms with E-state index in [1.54, 1.807) is 0 Å². The molecule has 0 unspecified atom stereocenters. The maximum absolute atomic E-state index is 6.14. The minimum Gasteiger partial charge on any atom is -0.370 e. The van der Waals surface area contributed by atoms with Gasteiger partial charge in [-0.2, -0.15) is 0 Å². The zero-order valence-electron chi connectivity index (χ0n) is 11.2. The summed E-state index contributed by atoms with van der Waals surface area (Å²) in [6.45, 7) is 5.22. The van der Waals surface area contributed by atoms with E-state index >= 15 is 0 Å². The van der Waals surface area contributed by atoms with Crippen LogP contribution in [0.25, 0.3) is 0 Å². The molecule has 0 saturated heterocycles. The van der Waals surface area contributed by atoms with Crippen LogP contribution in [0.4, 0.5) is 5.82 Å². The topological polar surface area (TPSA) is 37.8 Å². The molecule has 0 radical (unpaired) electrons. The molecule has 1 aliphatic rings. The lowest BCUT2D eigenvalue weighted by molar-refractivity contribution is 0.518. The van der Waals surface area contributed by atoms with Crippen LogP contribution in [0.5, 0.6) is 0 Å². The standard InChI is InChI=1S/C14H22ClN3/c1-10(2)12-13(15)17-9-18-14(12)16-8-7-11-5-3-4-6-11/h9-11H,3-8H2,1-2H3,(H,16,17,18). The average Bonchev–Trinajstić information content (AvgIpc) is 2.81. The fraction of sp³-hybridized carbons (Fsp3) is 0.714. The van der Waals surface area contributed by atoms with Crippen LogP contribution in [0.3, 0.4) is 0 Å². The smallest absolute Gasteiger partial charge is 0.138 e.